The van der Waals surface area contributed by atoms with Crippen LogP contribution in [0.5, 0.6) is 0 Å². The third-order valence-corrected chi connectivity index (χ3v) is 4.11. The molecule has 2 atom stereocenters. The van der Waals surface area contributed by atoms with E-state index in [2.05, 4.69) is 5.32 Å². The monoisotopic (exact) mass is 381 g/mol. The summed E-state index contributed by atoms with van der Waals surface area (Å²) in [5.41, 5.74) is 0.693. The molecule has 0 aliphatic heterocycles. The number of carbonyl (C=O) groups is 2. The summed E-state index contributed by atoms with van der Waals surface area (Å²) in [6.07, 6.45) is 0.349. The van der Waals surface area contributed by atoms with Crippen molar-refractivity contribution >= 4 is 28.4 Å². The Morgan fingerprint density at radius 1 is 1.19 bits per heavy atom. The number of nitrogens with one attached hydrogen (secondary N) is 1. The second-order valence-electron chi connectivity index (χ2n) is 5.58. The SMILES string of the molecule is CC(OC(=O)c1cccc(CS(C)=O)c1)C(=O)Nc1ccc(F)cc1F. The highest BCUT2D eigenvalue weighted by molar-refractivity contribution is 7.83. The van der Waals surface area contributed by atoms with Crippen molar-refractivity contribution in [2.75, 3.05) is 11.6 Å². The van der Waals surface area contributed by atoms with Crippen LogP contribution in [0.15, 0.2) is 42.5 Å². The van der Waals surface area contributed by atoms with Crippen LogP contribution in [0.25, 0.3) is 0 Å². The van der Waals surface area contributed by atoms with Gasteiger partial charge in [-0.1, -0.05) is 12.1 Å². The first-order valence-electron chi connectivity index (χ1n) is 7.62. The van der Waals surface area contributed by atoms with Gasteiger partial charge in [0.25, 0.3) is 5.91 Å². The molecule has 1 N–H and O–H groups in total. The van der Waals surface area contributed by atoms with Crippen LogP contribution >= 0.6 is 0 Å². The van der Waals surface area contributed by atoms with E-state index in [0.29, 0.717) is 17.4 Å². The highest BCUT2D eigenvalue weighted by Crippen LogP contribution is 2.16. The summed E-state index contributed by atoms with van der Waals surface area (Å²) in [5.74, 6) is -2.91. The van der Waals surface area contributed by atoms with E-state index in [0.717, 1.165) is 12.1 Å². The maximum atomic E-state index is 13.6. The number of anilines is 1. The fraction of sp³-hybridized carbons (Fsp3) is 0.222. The van der Waals surface area contributed by atoms with Gasteiger partial charge >= 0.3 is 5.97 Å². The maximum Gasteiger partial charge on any atom is 0.338 e. The third kappa shape index (κ3) is 5.45. The first kappa shape index (κ1) is 19.7. The number of benzene rings is 2. The maximum absolute atomic E-state index is 13.6. The van der Waals surface area contributed by atoms with Crippen molar-refractivity contribution in [2.24, 2.45) is 0 Å². The summed E-state index contributed by atoms with van der Waals surface area (Å²) in [4.78, 5) is 24.2. The molecular weight excluding hydrogens is 364 g/mol. The Hall–Kier alpha value is -2.61. The summed E-state index contributed by atoms with van der Waals surface area (Å²) >= 11 is 0. The van der Waals surface area contributed by atoms with Crippen molar-refractivity contribution in [1.29, 1.82) is 0 Å². The second kappa shape index (κ2) is 8.66. The van der Waals surface area contributed by atoms with Crippen molar-refractivity contribution in [3.8, 4) is 0 Å². The quantitative estimate of drug-likeness (QED) is 0.781. The Labute approximate surface area is 151 Å². The molecule has 26 heavy (non-hydrogen) atoms. The van der Waals surface area contributed by atoms with Gasteiger partial charge in [-0.2, -0.15) is 0 Å². The zero-order valence-electron chi connectivity index (χ0n) is 14.1. The van der Waals surface area contributed by atoms with Crippen molar-refractivity contribution in [3.63, 3.8) is 0 Å². The second-order valence-corrected chi connectivity index (χ2v) is 7.01. The van der Waals surface area contributed by atoms with Crippen LogP contribution in [-0.4, -0.2) is 28.4 Å². The van der Waals surface area contributed by atoms with Crippen molar-refractivity contribution < 1.29 is 27.3 Å². The molecule has 2 aromatic carbocycles. The Bertz CT molecular complexity index is 857. The van der Waals surface area contributed by atoms with Crippen LogP contribution in [0, 0.1) is 11.6 Å². The predicted molar refractivity (Wildman–Crippen MR) is 94.1 cm³/mol. The Morgan fingerprint density at radius 2 is 1.92 bits per heavy atom. The first-order chi connectivity index (χ1) is 12.3. The molecule has 0 fully saturated rings. The van der Waals surface area contributed by atoms with E-state index in [1.54, 1.807) is 18.4 Å². The minimum Gasteiger partial charge on any atom is -0.449 e. The third-order valence-electron chi connectivity index (χ3n) is 3.37. The van der Waals surface area contributed by atoms with Crippen LogP contribution in [-0.2, 0) is 26.1 Å². The van der Waals surface area contributed by atoms with E-state index >= 15 is 0 Å². The van der Waals surface area contributed by atoms with E-state index in [1.165, 1.54) is 19.1 Å². The molecule has 0 radical (unpaired) electrons. The largest absolute Gasteiger partial charge is 0.449 e. The predicted octanol–water partition coefficient (Wildman–Crippen LogP) is 3.03. The van der Waals surface area contributed by atoms with Gasteiger partial charge in [0.05, 0.1) is 11.3 Å². The smallest absolute Gasteiger partial charge is 0.338 e. The lowest BCUT2D eigenvalue weighted by Gasteiger charge is -2.14. The number of hydrogen-bond acceptors (Lipinski definition) is 4. The van der Waals surface area contributed by atoms with Crippen LogP contribution in [0.1, 0.15) is 22.8 Å². The van der Waals surface area contributed by atoms with Crippen LogP contribution < -0.4 is 5.32 Å². The lowest BCUT2D eigenvalue weighted by molar-refractivity contribution is -0.123. The molecule has 0 aromatic heterocycles. The molecule has 2 aromatic rings. The molecule has 0 aliphatic rings. The Balaban J connectivity index is 2.01. The molecule has 0 spiro atoms. The summed E-state index contributed by atoms with van der Waals surface area (Å²) in [5, 5.41) is 2.23. The summed E-state index contributed by atoms with van der Waals surface area (Å²) in [7, 11) is -1.06. The van der Waals surface area contributed by atoms with Gasteiger partial charge in [0.15, 0.2) is 6.10 Å². The van der Waals surface area contributed by atoms with Gasteiger partial charge < -0.3 is 10.1 Å². The average molecular weight is 381 g/mol. The average Bonchev–Trinajstić information content (AvgIpc) is 2.56. The summed E-state index contributed by atoms with van der Waals surface area (Å²) in [6.45, 7) is 1.33. The standard InChI is InChI=1S/C18H17F2NO4S/c1-11(17(22)21-16-7-6-14(19)9-15(16)20)25-18(23)13-5-3-4-12(8-13)10-26(2)24/h3-9,11H,10H2,1-2H3,(H,21,22). The first-order valence-corrected chi connectivity index (χ1v) is 9.35. The lowest BCUT2D eigenvalue weighted by Crippen LogP contribution is -2.30. The topological polar surface area (TPSA) is 72.5 Å². The summed E-state index contributed by atoms with van der Waals surface area (Å²) in [6, 6.07) is 9.10. The zero-order valence-corrected chi connectivity index (χ0v) is 14.9. The molecule has 5 nitrogen and oxygen atoms in total. The van der Waals surface area contributed by atoms with E-state index in [1.807, 2.05) is 0 Å². The van der Waals surface area contributed by atoms with Crippen LogP contribution in [0.3, 0.4) is 0 Å². The number of hydrogen-bond donors (Lipinski definition) is 1. The molecule has 2 unspecified atom stereocenters. The molecule has 0 aliphatic carbocycles. The highest BCUT2D eigenvalue weighted by Gasteiger charge is 2.20. The van der Waals surface area contributed by atoms with Crippen LogP contribution in [0.2, 0.25) is 0 Å². The van der Waals surface area contributed by atoms with Crippen molar-refractivity contribution in [2.45, 2.75) is 18.8 Å². The lowest BCUT2D eigenvalue weighted by atomic mass is 10.1. The molecule has 0 bridgehead atoms. The highest BCUT2D eigenvalue weighted by atomic mass is 32.2. The zero-order chi connectivity index (χ0) is 19.3. The van der Waals surface area contributed by atoms with Crippen molar-refractivity contribution in [1.82, 2.24) is 0 Å². The van der Waals surface area contributed by atoms with Gasteiger partial charge in [0.1, 0.15) is 11.6 Å². The molecule has 8 heteroatoms. The van der Waals surface area contributed by atoms with Gasteiger partial charge in [0.2, 0.25) is 0 Å². The van der Waals surface area contributed by atoms with Crippen molar-refractivity contribution in [3.05, 3.63) is 65.2 Å². The molecule has 0 heterocycles. The summed E-state index contributed by atoms with van der Waals surface area (Å²) < 4.78 is 42.8. The van der Waals surface area contributed by atoms with Gasteiger partial charge in [0, 0.05) is 28.9 Å². The van der Waals surface area contributed by atoms with E-state index < -0.39 is 40.4 Å². The van der Waals surface area contributed by atoms with E-state index in [4.69, 9.17) is 4.74 Å². The number of rotatable bonds is 6. The Morgan fingerprint density at radius 3 is 2.58 bits per heavy atom. The van der Waals surface area contributed by atoms with Crippen LogP contribution in [0.4, 0.5) is 14.5 Å². The normalized spacial score (nSPS) is 12.9. The Kier molecular flexibility index (Phi) is 6.57. The number of esters is 1. The minimum atomic E-state index is -1.20. The van der Waals surface area contributed by atoms with Gasteiger partial charge in [-0.3, -0.25) is 9.00 Å². The minimum absolute atomic E-state index is 0.209. The molecule has 2 rings (SSSR count). The molecule has 0 saturated carbocycles. The van der Waals surface area contributed by atoms with E-state index in [-0.39, 0.29) is 11.3 Å². The molecule has 138 valence electrons. The molecule has 0 saturated heterocycles. The fourth-order valence-corrected chi connectivity index (χ4v) is 2.78. The number of amides is 1. The van der Waals surface area contributed by atoms with Gasteiger partial charge in [-0.25, -0.2) is 13.6 Å². The number of ether oxygens (including phenoxy) is 1. The number of halogens is 2. The molecule has 1 amide bonds. The fourth-order valence-electron chi connectivity index (χ4n) is 2.13. The number of carbonyl (C=O) groups excluding carboxylic acids is 2. The van der Waals surface area contributed by atoms with Gasteiger partial charge in [-0.15, -0.1) is 0 Å². The molecular formula is C18H17F2NO4S. The van der Waals surface area contributed by atoms with Gasteiger partial charge in [-0.05, 0) is 36.8 Å². The van der Waals surface area contributed by atoms with E-state index in [9.17, 15) is 22.6 Å².